The fourth-order valence-electron chi connectivity index (χ4n) is 2.93. The fourth-order valence-corrected chi connectivity index (χ4v) is 3.70. The van der Waals surface area contributed by atoms with Crippen LogP contribution in [0.1, 0.15) is 39.5 Å². The van der Waals surface area contributed by atoms with Crippen LogP contribution in [0.25, 0.3) is 0 Å². The molecule has 0 saturated carbocycles. The zero-order chi connectivity index (χ0) is 14.2. The van der Waals surface area contributed by atoms with Crippen molar-refractivity contribution in [2.75, 3.05) is 30.7 Å². The molecule has 3 heteroatoms. The number of thioether (sulfide) groups is 1. The van der Waals surface area contributed by atoms with Crippen molar-refractivity contribution in [1.29, 1.82) is 0 Å². The highest BCUT2D eigenvalue weighted by Crippen LogP contribution is 2.28. The van der Waals surface area contributed by atoms with E-state index in [0.29, 0.717) is 6.04 Å². The number of benzene rings is 1. The van der Waals surface area contributed by atoms with Gasteiger partial charge in [-0.25, -0.2) is 0 Å². The maximum absolute atomic E-state index is 3.79. The summed E-state index contributed by atoms with van der Waals surface area (Å²) in [6, 6.07) is 9.38. The molecule has 0 aliphatic carbocycles. The lowest BCUT2D eigenvalue weighted by atomic mass is 10.1. The van der Waals surface area contributed by atoms with E-state index in [4.69, 9.17) is 0 Å². The second-order valence-electron chi connectivity index (χ2n) is 5.54. The standard InChI is InChI=1S/C17H28N2S/c1-3-12-19-13-7-8-15(11-14-19)18-16-9-5-6-10-17(16)20-4-2/h5-6,9-10,15,18H,3-4,7-8,11-14H2,1-2H3. The normalized spacial score (nSPS) is 20.6. The Labute approximate surface area is 128 Å². The molecule has 0 spiro atoms. The second-order valence-corrected chi connectivity index (χ2v) is 6.85. The molecule has 1 aliphatic heterocycles. The van der Waals surface area contributed by atoms with Crippen LogP contribution >= 0.6 is 11.8 Å². The third-order valence-electron chi connectivity index (χ3n) is 3.91. The molecule has 1 aromatic carbocycles. The second kappa shape index (κ2) is 8.58. The van der Waals surface area contributed by atoms with Gasteiger partial charge in [-0.05, 0) is 56.7 Å². The average molecular weight is 292 g/mol. The summed E-state index contributed by atoms with van der Waals surface area (Å²) in [5, 5.41) is 3.79. The van der Waals surface area contributed by atoms with Crippen molar-refractivity contribution >= 4 is 17.4 Å². The Morgan fingerprint density at radius 1 is 1.20 bits per heavy atom. The van der Waals surface area contributed by atoms with E-state index in [-0.39, 0.29) is 0 Å². The van der Waals surface area contributed by atoms with Crippen LogP contribution in [0.2, 0.25) is 0 Å². The summed E-state index contributed by atoms with van der Waals surface area (Å²) in [6.07, 6.45) is 5.16. The summed E-state index contributed by atoms with van der Waals surface area (Å²) in [5.74, 6) is 1.13. The Hall–Kier alpha value is -0.670. The Morgan fingerprint density at radius 3 is 2.85 bits per heavy atom. The lowest BCUT2D eigenvalue weighted by Gasteiger charge is -2.21. The first-order chi connectivity index (χ1) is 9.83. The van der Waals surface area contributed by atoms with Crippen LogP contribution in [-0.2, 0) is 0 Å². The van der Waals surface area contributed by atoms with E-state index < -0.39 is 0 Å². The molecular formula is C17H28N2S. The third kappa shape index (κ3) is 4.71. The van der Waals surface area contributed by atoms with Crippen LogP contribution in [0.3, 0.4) is 0 Å². The van der Waals surface area contributed by atoms with E-state index in [1.807, 2.05) is 11.8 Å². The number of rotatable bonds is 6. The van der Waals surface area contributed by atoms with Gasteiger partial charge in [0.25, 0.3) is 0 Å². The molecule has 112 valence electrons. The molecule has 1 aliphatic rings. The Balaban J connectivity index is 1.93. The van der Waals surface area contributed by atoms with Gasteiger partial charge in [0, 0.05) is 23.2 Å². The summed E-state index contributed by atoms with van der Waals surface area (Å²) in [4.78, 5) is 4.01. The van der Waals surface area contributed by atoms with Crippen molar-refractivity contribution in [1.82, 2.24) is 4.90 Å². The van der Waals surface area contributed by atoms with Gasteiger partial charge in [0.15, 0.2) is 0 Å². The first-order valence-corrected chi connectivity index (χ1v) is 9.02. The molecular weight excluding hydrogens is 264 g/mol. The summed E-state index contributed by atoms with van der Waals surface area (Å²) in [6.45, 7) is 8.27. The maximum Gasteiger partial charge on any atom is 0.0480 e. The number of hydrogen-bond donors (Lipinski definition) is 1. The molecule has 1 unspecified atom stereocenters. The average Bonchev–Trinajstić information content (AvgIpc) is 2.68. The molecule has 1 aromatic rings. The van der Waals surface area contributed by atoms with Gasteiger partial charge < -0.3 is 10.2 Å². The lowest BCUT2D eigenvalue weighted by molar-refractivity contribution is 0.285. The number of para-hydroxylation sites is 1. The molecule has 1 heterocycles. The highest BCUT2D eigenvalue weighted by molar-refractivity contribution is 7.99. The fraction of sp³-hybridized carbons (Fsp3) is 0.647. The van der Waals surface area contributed by atoms with E-state index in [1.165, 1.54) is 55.9 Å². The largest absolute Gasteiger partial charge is 0.381 e. The predicted octanol–water partition coefficient (Wildman–Crippen LogP) is 4.48. The minimum atomic E-state index is 0.635. The number of anilines is 1. The van der Waals surface area contributed by atoms with Crippen molar-refractivity contribution in [3.8, 4) is 0 Å². The third-order valence-corrected chi connectivity index (χ3v) is 4.86. The maximum atomic E-state index is 3.79. The van der Waals surface area contributed by atoms with E-state index >= 15 is 0 Å². The first-order valence-electron chi connectivity index (χ1n) is 8.04. The Kier molecular flexibility index (Phi) is 6.74. The molecule has 0 amide bonds. The minimum absolute atomic E-state index is 0.635. The van der Waals surface area contributed by atoms with Gasteiger partial charge in [-0.1, -0.05) is 26.0 Å². The molecule has 0 bridgehead atoms. The molecule has 1 atom stereocenters. The minimum Gasteiger partial charge on any atom is -0.381 e. The number of nitrogens with one attached hydrogen (secondary N) is 1. The van der Waals surface area contributed by atoms with Crippen molar-refractivity contribution in [2.45, 2.75) is 50.5 Å². The molecule has 2 nitrogen and oxygen atoms in total. The first kappa shape index (κ1) is 15.7. The summed E-state index contributed by atoms with van der Waals surface area (Å²) in [5.41, 5.74) is 1.33. The molecule has 0 aromatic heterocycles. The predicted molar refractivity (Wildman–Crippen MR) is 90.8 cm³/mol. The van der Waals surface area contributed by atoms with Gasteiger partial charge in [0.2, 0.25) is 0 Å². The van der Waals surface area contributed by atoms with Gasteiger partial charge in [-0.15, -0.1) is 11.8 Å². The highest BCUT2D eigenvalue weighted by Gasteiger charge is 2.17. The molecule has 2 rings (SSSR count). The molecule has 0 radical (unpaired) electrons. The molecule has 20 heavy (non-hydrogen) atoms. The van der Waals surface area contributed by atoms with Crippen molar-refractivity contribution in [2.24, 2.45) is 0 Å². The quantitative estimate of drug-likeness (QED) is 0.779. The van der Waals surface area contributed by atoms with Gasteiger partial charge in [-0.2, -0.15) is 0 Å². The smallest absolute Gasteiger partial charge is 0.0480 e. The number of nitrogens with zero attached hydrogens (tertiary/aromatic N) is 1. The summed E-state index contributed by atoms with van der Waals surface area (Å²) in [7, 11) is 0. The van der Waals surface area contributed by atoms with Gasteiger partial charge >= 0.3 is 0 Å². The summed E-state index contributed by atoms with van der Waals surface area (Å²) < 4.78 is 0. The van der Waals surface area contributed by atoms with Gasteiger partial charge in [0.1, 0.15) is 0 Å². The van der Waals surface area contributed by atoms with Gasteiger partial charge in [-0.3, -0.25) is 0 Å². The van der Waals surface area contributed by atoms with Crippen molar-refractivity contribution in [3.63, 3.8) is 0 Å². The Morgan fingerprint density at radius 2 is 2.05 bits per heavy atom. The van der Waals surface area contributed by atoms with E-state index in [0.717, 1.165) is 5.75 Å². The highest BCUT2D eigenvalue weighted by atomic mass is 32.2. The topological polar surface area (TPSA) is 15.3 Å². The zero-order valence-corrected chi connectivity index (χ0v) is 13.7. The number of hydrogen-bond acceptors (Lipinski definition) is 3. The van der Waals surface area contributed by atoms with Crippen LogP contribution in [0.4, 0.5) is 5.69 Å². The van der Waals surface area contributed by atoms with Crippen LogP contribution in [0.5, 0.6) is 0 Å². The van der Waals surface area contributed by atoms with E-state index in [2.05, 4.69) is 48.3 Å². The SMILES string of the molecule is CCCN1CCCC(Nc2ccccc2SCC)CC1. The van der Waals surface area contributed by atoms with E-state index in [9.17, 15) is 0 Å². The van der Waals surface area contributed by atoms with Crippen LogP contribution in [0, 0.1) is 0 Å². The van der Waals surface area contributed by atoms with Crippen molar-refractivity contribution < 1.29 is 0 Å². The van der Waals surface area contributed by atoms with Crippen molar-refractivity contribution in [3.05, 3.63) is 24.3 Å². The molecule has 1 N–H and O–H groups in total. The zero-order valence-electron chi connectivity index (χ0n) is 12.9. The summed E-state index contributed by atoms with van der Waals surface area (Å²) >= 11 is 1.93. The van der Waals surface area contributed by atoms with Crippen LogP contribution in [-0.4, -0.2) is 36.3 Å². The van der Waals surface area contributed by atoms with Crippen LogP contribution < -0.4 is 5.32 Å². The van der Waals surface area contributed by atoms with Gasteiger partial charge in [0.05, 0.1) is 0 Å². The lowest BCUT2D eigenvalue weighted by Crippen LogP contribution is -2.27. The number of likely N-dealkylation sites (tertiary alicyclic amines) is 1. The van der Waals surface area contributed by atoms with Crippen LogP contribution in [0.15, 0.2) is 29.2 Å². The molecule has 1 saturated heterocycles. The van der Waals surface area contributed by atoms with E-state index in [1.54, 1.807) is 0 Å². The Bertz CT molecular complexity index is 394. The monoisotopic (exact) mass is 292 g/mol. The molecule has 1 fully saturated rings.